The Balaban J connectivity index is 1.48. The summed E-state index contributed by atoms with van der Waals surface area (Å²) in [4.78, 5) is 4.04. The predicted molar refractivity (Wildman–Crippen MR) is 98.8 cm³/mol. The van der Waals surface area contributed by atoms with Crippen LogP contribution >= 0.6 is 23.2 Å². The Morgan fingerprint density at radius 2 is 1.88 bits per heavy atom. The zero-order chi connectivity index (χ0) is 17.0. The molecule has 2 aliphatic carbocycles. The number of hydrogen-bond donors (Lipinski definition) is 1. The summed E-state index contributed by atoms with van der Waals surface area (Å²) in [6.45, 7) is 2.34. The average molecular weight is 376 g/mol. The van der Waals surface area contributed by atoms with Crippen molar-refractivity contribution in [2.45, 2.75) is 31.6 Å². The first-order chi connectivity index (χ1) is 12.2. The monoisotopic (exact) mass is 375 g/mol. The third-order valence-electron chi connectivity index (χ3n) is 5.72. The van der Waals surface area contributed by atoms with E-state index in [0.717, 1.165) is 29.9 Å². The molecule has 25 heavy (non-hydrogen) atoms. The first kappa shape index (κ1) is 15.9. The van der Waals surface area contributed by atoms with Crippen LogP contribution in [-0.4, -0.2) is 23.2 Å². The molecule has 0 atom stereocenters. The van der Waals surface area contributed by atoms with Crippen molar-refractivity contribution < 1.29 is 4.52 Å². The highest BCUT2D eigenvalue weighted by atomic mass is 35.5. The zero-order valence-electron chi connectivity index (χ0n) is 13.8. The second kappa shape index (κ2) is 5.83. The largest absolute Gasteiger partial charge is 0.360 e. The Morgan fingerprint density at radius 1 is 1.16 bits per heavy atom. The molecule has 6 heteroatoms. The van der Waals surface area contributed by atoms with Crippen molar-refractivity contribution in [2.24, 2.45) is 11.3 Å². The summed E-state index contributed by atoms with van der Waals surface area (Å²) < 4.78 is 5.69. The van der Waals surface area contributed by atoms with Gasteiger partial charge < -0.3 is 9.84 Å². The van der Waals surface area contributed by atoms with Crippen molar-refractivity contribution in [3.05, 3.63) is 39.8 Å². The second-order valence-corrected chi connectivity index (χ2v) is 8.51. The molecule has 0 aromatic carbocycles. The standard InChI is InChI=1S/C19H19Cl2N3O/c20-14-7-22-8-15(21)16(14)17-13(18(25-24-17)12-2-3-12)4-1-11-5-19(6-11)9-23-10-19/h1,4,7-8,11-12,23H,2-3,5-6,9-10H2. The van der Waals surface area contributed by atoms with E-state index < -0.39 is 0 Å². The van der Waals surface area contributed by atoms with Gasteiger partial charge in [-0.2, -0.15) is 0 Å². The van der Waals surface area contributed by atoms with E-state index in [1.165, 1.54) is 25.9 Å². The first-order valence-corrected chi connectivity index (χ1v) is 9.59. The van der Waals surface area contributed by atoms with Gasteiger partial charge in [-0.05, 0) is 37.0 Å². The lowest BCUT2D eigenvalue weighted by Crippen LogP contribution is -2.59. The maximum Gasteiger partial charge on any atom is 0.147 e. The van der Waals surface area contributed by atoms with Crippen LogP contribution in [0.5, 0.6) is 0 Å². The van der Waals surface area contributed by atoms with Crippen LogP contribution in [0, 0.1) is 11.3 Å². The Hall–Kier alpha value is -1.36. The molecule has 0 amide bonds. The fourth-order valence-electron chi connectivity index (χ4n) is 4.12. The number of halogens is 2. The van der Waals surface area contributed by atoms with E-state index in [1.807, 2.05) is 0 Å². The molecule has 0 bridgehead atoms. The Morgan fingerprint density at radius 3 is 2.48 bits per heavy atom. The van der Waals surface area contributed by atoms with Crippen LogP contribution in [0.15, 0.2) is 23.0 Å². The fourth-order valence-corrected chi connectivity index (χ4v) is 4.66. The Labute approximate surface area is 156 Å². The first-order valence-electron chi connectivity index (χ1n) is 8.83. The highest BCUT2D eigenvalue weighted by Crippen LogP contribution is 2.50. The lowest BCUT2D eigenvalue weighted by Gasteiger charge is -2.53. The maximum atomic E-state index is 6.35. The molecule has 2 aromatic heterocycles. The van der Waals surface area contributed by atoms with Crippen LogP contribution in [-0.2, 0) is 0 Å². The minimum Gasteiger partial charge on any atom is -0.360 e. The highest BCUT2D eigenvalue weighted by molar-refractivity contribution is 6.39. The molecule has 1 saturated heterocycles. The molecule has 0 unspecified atom stereocenters. The van der Waals surface area contributed by atoms with Crippen LogP contribution in [0.25, 0.3) is 17.3 Å². The SMILES string of the molecule is Clc1cncc(Cl)c1-c1noc(C2CC2)c1C=CC1CC2(CNC2)C1. The third-order valence-corrected chi connectivity index (χ3v) is 6.29. The highest BCUT2D eigenvalue weighted by Gasteiger charge is 2.47. The van der Waals surface area contributed by atoms with Crippen LogP contribution in [0.1, 0.15) is 42.9 Å². The molecule has 130 valence electrons. The van der Waals surface area contributed by atoms with Crippen molar-refractivity contribution in [3.63, 3.8) is 0 Å². The van der Waals surface area contributed by atoms with Gasteiger partial charge in [-0.3, -0.25) is 4.98 Å². The molecular formula is C19H19Cl2N3O. The lowest BCUT2D eigenvalue weighted by molar-refractivity contribution is 0.0228. The minimum absolute atomic E-state index is 0.476. The number of allylic oxidation sites excluding steroid dienone is 1. The van der Waals surface area contributed by atoms with E-state index in [2.05, 4.69) is 27.6 Å². The van der Waals surface area contributed by atoms with E-state index in [0.29, 0.717) is 32.9 Å². The van der Waals surface area contributed by atoms with Crippen LogP contribution in [0.3, 0.4) is 0 Å². The maximum absolute atomic E-state index is 6.35. The molecule has 2 aromatic rings. The molecule has 5 rings (SSSR count). The summed E-state index contributed by atoms with van der Waals surface area (Å²) in [5, 5.41) is 8.70. The number of nitrogens with one attached hydrogen (secondary N) is 1. The normalized spacial score (nSPS) is 22.3. The van der Waals surface area contributed by atoms with Gasteiger partial charge in [0.2, 0.25) is 0 Å². The molecule has 3 heterocycles. The van der Waals surface area contributed by atoms with E-state index in [-0.39, 0.29) is 0 Å². The summed E-state index contributed by atoms with van der Waals surface area (Å²) in [7, 11) is 0. The molecule has 0 radical (unpaired) electrons. The van der Waals surface area contributed by atoms with Crippen LogP contribution in [0.4, 0.5) is 0 Å². The summed E-state index contributed by atoms with van der Waals surface area (Å²) in [6, 6.07) is 0. The van der Waals surface area contributed by atoms with Crippen LogP contribution in [0.2, 0.25) is 10.0 Å². The van der Waals surface area contributed by atoms with Crippen molar-refractivity contribution in [1.82, 2.24) is 15.5 Å². The molecule has 1 N–H and O–H groups in total. The summed E-state index contributed by atoms with van der Waals surface area (Å²) in [6.07, 6.45) is 12.5. The van der Waals surface area contributed by atoms with Gasteiger partial charge in [0.15, 0.2) is 0 Å². The van der Waals surface area contributed by atoms with Gasteiger partial charge in [0.1, 0.15) is 11.5 Å². The number of aromatic nitrogens is 2. The molecule has 1 spiro atoms. The fraction of sp³-hybridized carbons (Fsp3) is 0.474. The van der Waals surface area contributed by atoms with Crippen molar-refractivity contribution >= 4 is 29.3 Å². The zero-order valence-corrected chi connectivity index (χ0v) is 15.3. The molecule has 2 saturated carbocycles. The molecule has 4 nitrogen and oxygen atoms in total. The van der Waals surface area contributed by atoms with Crippen molar-refractivity contribution in [1.29, 1.82) is 0 Å². The van der Waals surface area contributed by atoms with Crippen LogP contribution < -0.4 is 5.32 Å². The number of nitrogens with zero attached hydrogens (tertiary/aromatic N) is 2. The number of hydrogen-bond acceptors (Lipinski definition) is 4. The second-order valence-electron chi connectivity index (χ2n) is 7.69. The van der Waals surface area contributed by atoms with Crippen molar-refractivity contribution in [3.8, 4) is 11.3 Å². The third kappa shape index (κ3) is 2.71. The van der Waals surface area contributed by atoms with Gasteiger partial charge in [0.05, 0.1) is 10.0 Å². The van der Waals surface area contributed by atoms with Gasteiger partial charge in [-0.1, -0.05) is 40.5 Å². The van der Waals surface area contributed by atoms with Crippen molar-refractivity contribution in [2.75, 3.05) is 13.1 Å². The number of rotatable bonds is 4. The molecular weight excluding hydrogens is 357 g/mol. The smallest absolute Gasteiger partial charge is 0.147 e. The van der Waals surface area contributed by atoms with E-state index in [1.54, 1.807) is 12.4 Å². The van der Waals surface area contributed by atoms with Gasteiger partial charge >= 0.3 is 0 Å². The van der Waals surface area contributed by atoms with Gasteiger partial charge in [-0.15, -0.1) is 0 Å². The Bertz CT molecular complexity index is 824. The molecule has 3 fully saturated rings. The molecule has 3 aliphatic rings. The summed E-state index contributed by atoms with van der Waals surface area (Å²) in [5.41, 5.74) is 3.05. The molecule has 1 aliphatic heterocycles. The predicted octanol–water partition coefficient (Wildman–Crippen LogP) is 4.93. The quantitative estimate of drug-likeness (QED) is 0.822. The van der Waals surface area contributed by atoms with Gasteiger partial charge in [-0.25, -0.2) is 0 Å². The lowest BCUT2D eigenvalue weighted by atomic mass is 9.58. The van der Waals surface area contributed by atoms with Gasteiger partial charge in [0, 0.05) is 42.5 Å². The van der Waals surface area contributed by atoms with E-state index in [4.69, 9.17) is 27.7 Å². The van der Waals surface area contributed by atoms with E-state index >= 15 is 0 Å². The number of pyridine rings is 1. The minimum atomic E-state index is 0.476. The summed E-state index contributed by atoms with van der Waals surface area (Å²) >= 11 is 12.7. The Kier molecular flexibility index (Phi) is 3.70. The van der Waals surface area contributed by atoms with Gasteiger partial charge in [0.25, 0.3) is 0 Å². The van der Waals surface area contributed by atoms with E-state index in [9.17, 15) is 0 Å². The average Bonchev–Trinajstić information content (AvgIpc) is 3.26. The summed E-state index contributed by atoms with van der Waals surface area (Å²) in [5.74, 6) is 2.08. The topological polar surface area (TPSA) is 51.0 Å².